The summed E-state index contributed by atoms with van der Waals surface area (Å²) in [5.41, 5.74) is 0. The van der Waals surface area contributed by atoms with Gasteiger partial charge in [-0.25, -0.2) is 12.7 Å². The van der Waals surface area contributed by atoms with Crippen molar-refractivity contribution in [1.82, 2.24) is 4.31 Å². The quantitative estimate of drug-likeness (QED) is 0.736. The van der Waals surface area contributed by atoms with Crippen LogP contribution in [-0.2, 0) is 14.8 Å². The zero-order chi connectivity index (χ0) is 13.2. The predicted molar refractivity (Wildman–Crippen MR) is 75.4 cm³/mol. The van der Waals surface area contributed by atoms with Crippen LogP contribution in [0.2, 0.25) is 0 Å². The lowest BCUT2D eigenvalue weighted by molar-refractivity contribution is 0.126. The molecule has 2 atom stereocenters. The fraction of sp³-hybridized carbons (Fsp3) is 1.00. The van der Waals surface area contributed by atoms with Crippen LogP contribution in [0.4, 0.5) is 0 Å². The van der Waals surface area contributed by atoms with E-state index in [0.717, 1.165) is 25.7 Å². The summed E-state index contributed by atoms with van der Waals surface area (Å²) < 4.78 is 31.6. The number of alkyl halides is 1. The van der Waals surface area contributed by atoms with Gasteiger partial charge in [-0.3, -0.25) is 0 Å². The van der Waals surface area contributed by atoms with Crippen molar-refractivity contribution in [3.8, 4) is 0 Å². The van der Waals surface area contributed by atoms with Gasteiger partial charge in [-0.15, -0.1) is 0 Å². The molecule has 0 aromatic carbocycles. The molecular formula is C12H22BrNO3S. The number of sulfonamides is 1. The van der Waals surface area contributed by atoms with Gasteiger partial charge in [0.05, 0.1) is 11.9 Å². The minimum atomic E-state index is -3.12. The number of halogens is 1. The van der Waals surface area contributed by atoms with Gasteiger partial charge >= 0.3 is 0 Å². The van der Waals surface area contributed by atoms with E-state index in [1.807, 2.05) is 0 Å². The van der Waals surface area contributed by atoms with Crippen molar-refractivity contribution in [3.63, 3.8) is 0 Å². The largest absolute Gasteiger partial charge is 0.377 e. The van der Waals surface area contributed by atoms with Gasteiger partial charge in [-0.1, -0.05) is 22.9 Å². The fourth-order valence-corrected chi connectivity index (χ4v) is 4.97. The van der Waals surface area contributed by atoms with E-state index in [-0.39, 0.29) is 11.9 Å². The Hall–Kier alpha value is 0.350. The maximum absolute atomic E-state index is 12.3. The second-order valence-electron chi connectivity index (χ2n) is 5.33. The molecule has 18 heavy (non-hydrogen) atoms. The molecule has 0 radical (unpaired) electrons. The zero-order valence-electron chi connectivity index (χ0n) is 10.8. The minimum absolute atomic E-state index is 0.0807. The third kappa shape index (κ3) is 3.68. The van der Waals surface area contributed by atoms with Crippen LogP contribution in [0.25, 0.3) is 0 Å². The van der Waals surface area contributed by atoms with Crippen molar-refractivity contribution in [2.24, 2.45) is 5.92 Å². The first-order chi connectivity index (χ1) is 8.49. The van der Waals surface area contributed by atoms with Gasteiger partial charge in [-0.2, -0.15) is 0 Å². The standard InChI is InChI=1S/C12H22BrNO3S/c1-10(13)11-4-6-14(7-5-11)18(15,16)9-12-3-2-8-17-12/h10-12H,2-9H2,1H3. The number of rotatable bonds is 4. The van der Waals surface area contributed by atoms with E-state index in [9.17, 15) is 8.42 Å². The smallest absolute Gasteiger partial charge is 0.216 e. The first-order valence-corrected chi connectivity index (χ1v) is 9.25. The minimum Gasteiger partial charge on any atom is -0.377 e. The monoisotopic (exact) mass is 339 g/mol. The molecule has 2 aliphatic rings. The molecule has 2 unspecified atom stereocenters. The molecule has 0 saturated carbocycles. The van der Waals surface area contributed by atoms with E-state index < -0.39 is 10.0 Å². The van der Waals surface area contributed by atoms with E-state index in [1.54, 1.807) is 4.31 Å². The van der Waals surface area contributed by atoms with Crippen LogP contribution in [0.3, 0.4) is 0 Å². The van der Waals surface area contributed by atoms with Crippen LogP contribution < -0.4 is 0 Å². The van der Waals surface area contributed by atoms with Gasteiger partial charge in [0.2, 0.25) is 10.0 Å². The first kappa shape index (κ1) is 14.8. The lowest BCUT2D eigenvalue weighted by Crippen LogP contribution is -2.42. The molecule has 0 aliphatic carbocycles. The van der Waals surface area contributed by atoms with E-state index in [4.69, 9.17) is 4.74 Å². The summed E-state index contributed by atoms with van der Waals surface area (Å²) in [4.78, 5) is 0.473. The summed E-state index contributed by atoms with van der Waals surface area (Å²) in [6.07, 6.45) is 3.70. The predicted octanol–water partition coefficient (Wildman–Crippen LogP) is 1.99. The normalized spacial score (nSPS) is 29.6. The molecule has 0 amide bonds. The molecule has 6 heteroatoms. The summed E-state index contributed by atoms with van der Waals surface area (Å²) in [5.74, 6) is 0.765. The molecule has 2 aliphatic heterocycles. The fourth-order valence-electron chi connectivity index (χ4n) is 2.73. The molecule has 0 aromatic heterocycles. The Balaban J connectivity index is 1.87. The first-order valence-electron chi connectivity index (χ1n) is 6.72. The Morgan fingerprint density at radius 3 is 2.50 bits per heavy atom. The Morgan fingerprint density at radius 1 is 1.33 bits per heavy atom. The van der Waals surface area contributed by atoms with Crippen LogP contribution in [0.15, 0.2) is 0 Å². The molecule has 0 aromatic rings. The Labute approximate surface area is 118 Å². The lowest BCUT2D eigenvalue weighted by Gasteiger charge is -2.33. The topological polar surface area (TPSA) is 46.6 Å². The van der Waals surface area contributed by atoms with Crippen LogP contribution in [-0.4, -0.2) is 49.1 Å². The Kier molecular flexibility index (Phi) is 5.08. The molecular weight excluding hydrogens is 318 g/mol. The molecule has 2 rings (SSSR count). The van der Waals surface area contributed by atoms with Crippen LogP contribution in [0.5, 0.6) is 0 Å². The SMILES string of the molecule is CC(Br)C1CCN(S(=O)(=O)CC2CCCO2)CC1. The third-order valence-electron chi connectivity index (χ3n) is 3.96. The van der Waals surface area contributed by atoms with Crippen LogP contribution >= 0.6 is 15.9 Å². The highest BCUT2D eigenvalue weighted by Gasteiger charge is 2.32. The van der Waals surface area contributed by atoms with E-state index in [1.165, 1.54) is 0 Å². The van der Waals surface area contributed by atoms with Crippen molar-refractivity contribution in [1.29, 1.82) is 0 Å². The summed E-state index contributed by atoms with van der Waals surface area (Å²) in [6.45, 7) is 4.18. The van der Waals surface area contributed by atoms with Gasteiger partial charge in [0.25, 0.3) is 0 Å². The maximum atomic E-state index is 12.3. The number of piperidine rings is 1. The summed E-state index contributed by atoms with van der Waals surface area (Å²) in [6, 6.07) is 0. The van der Waals surface area contributed by atoms with E-state index >= 15 is 0 Å². The molecule has 2 heterocycles. The molecule has 0 spiro atoms. The average Bonchev–Trinajstić information content (AvgIpc) is 2.81. The number of hydrogen-bond donors (Lipinski definition) is 0. The van der Waals surface area contributed by atoms with E-state index in [0.29, 0.717) is 30.4 Å². The van der Waals surface area contributed by atoms with Crippen LogP contribution in [0.1, 0.15) is 32.6 Å². The summed E-state index contributed by atoms with van der Waals surface area (Å²) in [5, 5.41) is 0. The lowest BCUT2D eigenvalue weighted by atomic mass is 9.96. The van der Waals surface area contributed by atoms with Gasteiger partial charge < -0.3 is 4.74 Å². The highest BCUT2D eigenvalue weighted by atomic mass is 79.9. The van der Waals surface area contributed by atoms with Crippen LogP contribution in [0, 0.1) is 5.92 Å². The summed E-state index contributed by atoms with van der Waals surface area (Å²) in [7, 11) is -3.12. The van der Waals surface area contributed by atoms with Crippen molar-refractivity contribution < 1.29 is 13.2 Å². The number of ether oxygens (including phenoxy) is 1. The van der Waals surface area contributed by atoms with Gasteiger partial charge in [0.1, 0.15) is 0 Å². The second kappa shape index (κ2) is 6.20. The molecule has 0 bridgehead atoms. The molecule has 2 saturated heterocycles. The molecule has 106 valence electrons. The third-order valence-corrected chi connectivity index (χ3v) is 6.65. The Morgan fingerprint density at radius 2 is 2.00 bits per heavy atom. The Bertz CT molecular complexity index is 358. The average molecular weight is 340 g/mol. The van der Waals surface area contributed by atoms with Gasteiger partial charge in [0.15, 0.2) is 0 Å². The van der Waals surface area contributed by atoms with Gasteiger partial charge in [-0.05, 0) is 31.6 Å². The number of nitrogens with zero attached hydrogens (tertiary/aromatic N) is 1. The van der Waals surface area contributed by atoms with Crippen molar-refractivity contribution in [2.75, 3.05) is 25.4 Å². The highest BCUT2D eigenvalue weighted by Crippen LogP contribution is 2.27. The van der Waals surface area contributed by atoms with Crippen molar-refractivity contribution in [2.45, 2.75) is 43.5 Å². The van der Waals surface area contributed by atoms with Crippen molar-refractivity contribution in [3.05, 3.63) is 0 Å². The molecule has 0 N–H and O–H groups in total. The van der Waals surface area contributed by atoms with Gasteiger partial charge in [0, 0.05) is 24.5 Å². The van der Waals surface area contributed by atoms with Crippen molar-refractivity contribution >= 4 is 26.0 Å². The maximum Gasteiger partial charge on any atom is 0.216 e. The molecule has 2 fully saturated rings. The summed E-state index contributed by atoms with van der Waals surface area (Å²) >= 11 is 3.59. The molecule has 4 nitrogen and oxygen atoms in total. The van der Waals surface area contributed by atoms with E-state index in [2.05, 4.69) is 22.9 Å². The highest BCUT2D eigenvalue weighted by molar-refractivity contribution is 9.09. The second-order valence-corrected chi connectivity index (χ2v) is 8.79. The number of hydrogen-bond acceptors (Lipinski definition) is 3. The zero-order valence-corrected chi connectivity index (χ0v) is 13.2.